The SMILES string of the molecule is Cc1cc(Nc2cc3ncccc3c(NC3CC4CCCC(C3)N4Sc3ccccc3)n2)n[nH]1. The van der Waals surface area contributed by atoms with Gasteiger partial charge in [-0.15, -0.1) is 0 Å². The van der Waals surface area contributed by atoms with E-state index < -0.39 is 0 Å². The molecule has 8 heteroatoms. The molecular weight excluding hydrogens is 442 g/mol. The van der Waals surface area contributed by atoms with Crippen LogP contribution in [0.1, 0.15) is 37.8 Å². The molecule has 0 amide bonds. The van der Waals surface area contributed by atoms with Crippen molar-refractivity contribution in [3.05, 3.63) is 66.5 Å². The molecule has 2 unspecified atom stereocenters. The van der Waals surface area contributed by atoms with Gasteiger partial charge in [0.15, 0.2) is 5.82 Å². The number of pyridine rings is 2. The summed E-state index contributed by atoms with van der Waals surface area (Å²) in [5, 5.41) is 15.5. The van der Waals surface area contributed by atoms with Crippen molar-refractivity contribution in [2.45, 2.75) is 62.0 Å². The third kappa shape index (κ3) is 4.48. The lowest BCUT2D eigenvalue weighted by molar-refractivity contribution is 0.128. The Bertz CT molecular complexity index is 1260. The molecule has 3 aromatic heterocycles. The van der Waals surface area contributed by atoms with E-state index in [0.29, 0.717) is 18.1 Å². The third-order valence-electron chi connectivity index (χ3n) is 6.76. The Hall–Kier alpha value is -3.10. The summed E-state index contributed by atoms with van der Waals surface area (Å²) in [6.45, 7) is 1.99. The molecule has 0 radical (unpaired) electrons. The van der Waals surface area contributed by atoms with Gasteiger partial charge in [-0.25, -0.2) is 9.29 Å². The van der Waals surface area contributed by atoms with Crippen LogP contribution in [0.4, 0.5) is 17.5 Å². The largest absolute Gasteiger partial charge is 0.367 e. The molecule has 1 aromatic carbocycles. The highest BCUT2D eigenvalue weighted by Gasteiger charge is 2.39. The van der Waals surface area contributed by atoms with Gasteiger partial charge in [-0.1, -0.05) is 24.6 Å². The molecule has 0 aliphatic carbocycles. The highest BCUT2D eigenvalue weighted by atomic mass is 32.2. The maximum Gasteiger partial charge on any atom is 0.153 e. The van der Waals surface area contributed by atoms with Crippen molar-refractivity contribution in [3.63, 3.8) is 0 Å². The zero-order valence-corrected chi connectivity index (χ0v) is 20.1. The van der Waals surface area contributed by atoms with Gasteiger partial charge < -0.3 is 10.6 Å². The van der Waals surface area contributed by atoms with E-state index in [4.69, 9.17) is 4.98 Å². The summed E-state index contributed by atoms with van der Waals surface area (Å²) in [7, 11) is 0. The highest BCUT2D eigenvalue weighted by Crippen LogP contribution is 2.42. The molecule has 2 aliphatic heterocycles. The fourth-order valence-electron chi connectivity index (χ4n) is 5.26. The van der Waals surface area contributed by atoms with Crippen LogP contribution in [0.2, 0.25) is 0 Å². The van der Waals surface area contributed by atoms with Crippen molar-refractivity contribution in [3.8, 4) is 0 Å². The zero-order chi connectivity index (χ0) is 22.9. The number of rotatable bonds is 6. The number of anilines is 3. The maximum atomic E-state index is 4.95. The zero-order valence-electron chi connectivity index (χ0n) is 19.2. The number of nitrogens with one attached hydrogen (secondary N) is 3. The van der Waals surface area contributed by atoms with Crippen LogP contribution in [0.5, 0.6) is 0 Å². The summed E-state index contributed by atoms with van der Waals surface area (Å²) in [6.07, 6.45) is 7.90. The fraction of sp³-hybridized carbons (Fsp3) is 0.346. The Labute approximate surface area is 203 Å². The Morgan fingerprint density at radius 1 is 1.00 bits per heavy atom. The van der Waals surface area contributed by atoms with E-state index in [1.807, 2.05) is 43.3 Å². The van der Waals surface area contributed by atoms with Crippen molar-refractivity contribution < 1.29 is 0 Å². The summed E-state index contributed by atoms with van der Waals surface area (Å²) in [4.78, 5) is 10.9. The molecule has 2 bridgehead atoms. The number of fused-ring (bicyclic) bond motifs is 3. The molecule has 2 saturated heterocycles. The molecule has 0 spiro atoms. The second-order valence-electron chi connectivity index (χ2n) is 9.30. The average Bonchev–Trinajstić information content (AvgIpc) is 3.24. The molecule has 4 aromatic rings. The molecular formula is C26H29N7S. The second-order valence-corrected chi connectivity index (χ2v) is 10.4. The van der Waals surface area contributed by atoms with Crippen LogP contribution in [-0.2, 0) is 0 Å². The van der Waals surface area contributed by atoms with Crippen molar-refractivity contribution in [2.24, 2.45) is 0 Å². The van der Waals surface area contributed by atoms with Crippen LogP contribution in [0.3, 0.4) is 0 Å². The quantitative estimate of drug-likeness (QED) is 0.302. The lowest BCUT2D eigenvalue weighted by Crippen LogP contribution is -2.51. The van der Waals surface area contributed by atoms with Crippen LogP contribution >= 0.6 is 11.9 Å². The van der Waals surface area contributed by atoms with Crippen LogP contribution in [0.15, 0.2) is 65.7 Å². The van der Waals surface area contributed by atoms with E-state index in [-0.39, 0.29) is 0 Å². The van der Waals surface area contributed by atoms with Crippen molar-refractivity contribution in [1.82, 2.24) is 24.5 Å². The standard InChI is InChI=1S/C26H29N7S/c1-17-13-25(32-31-17)29-24-16-23-22(11-6-12-27-23)26(30-24)28-18-14-19-7-5-8-20(15-18)33(19)34-21-9-3-2-4-10-21/h2-4,6,9-13,16,18-20H,5,7-8,14-15H2,1H3,(H3,28,29,30,31,32). The summed E-state index contributed by atoms with van der Waals surface area (Å²) >= 11 is 1.93. The van der Waals surface area contributed by atoms with E-state index in [9.17, 15) is 0 Å². The Balaban J connectivity index is 1.23. The van der Waals surface area contributed by atoms with Gasteiger partial charge in [0.1, 0.15) is 11.6 Å². The number of aryl methyl sites for hydroxylation is 1. The van der Waals surface area contributed by atoms with Gasteiger partial charge in [0.2, 0.25) is 0 Å². The second kappa shape index (κ2) is 9.27. The number of piperidine rings is 2. The fourth-order valence-corrected chi connectivity index (χ4v) is 6.47. The number of aromatic amines is 1. The maximum absolute atomic E-state index is 4.95. The minimum Gasteiger partial charge on any atom is -0.367 e. The topological polar surface area (TPSA) is 81.8 Å². The van der Waals surface area contributed by atoms with E-state index in [1.165, 1.54) is 24.2 Å². The van der Waals surface area contributed by atoms with Gasteiger partial charge in [-0.2, -0.15) is 5.10 Å². The Kier molecular flexibility index (Phi) is 5.84. The van der Waals surface area contributed by atoms with Crippen LogP contribution < -0.4 is 10.6 Å². The number of hydrogen-bond donors (Lipinski definition) is 3. The van der Waals surface area contributed by atoms with Crippen molar-refractivity contribution >= 4 is 40.3 Å². The molecule has 0 saturated carbocycles. The van der Waals surface area contributed by atoms with Gasteiger partial charge >= 0.3 is 0 Å². The first kappa shape index (κ1) is 21.4. The van der Waals surface area contributed by atoms with Gasteiger partial charge in [0, 0.05) is 52.4 Å². The molecule has 2 atom stereocenters. The van der Waals surface area contributed by atoms with E-state index in [0.717, 1.165) is 46.9 Å². The molecule has 34 heavy (non-hydrogen) atoms. The van der Waals surface area contributed by atoms with Crippen LogP contribution in [0, 0.1) is 6.92 Å². The van der Waals surface area contributed by atoms with Crippen LogP contribution in [-0.4, -0.2) is 42.6 Å². The highest BCUT2D eigenvalue weighted by molar-refractivity contribution is 7.97. The first-order valence-electron chi connectivity index (χ1n) is 12.0. The molecule has 2 aliphatic rings. The number of H-pyrrole nitrogens is 1. The lowest BCUT2D eigenvalue weighted by Gasteiger charge is -2.48. The monoisotopic (exact) mass is 471 g/mol. The van der Waals surface area contributed by atoms with Gasteiger partial charge in [0.25, 0.3) is 0 Å². The minimum atomic E-state index is 0.390. The number of hydrogen-bond acceptors (Lipinski definition) is 7. The minimum absolute atomic E-state index is 0.390. The van der Waals surface area contributed by atoms with E-state index in [1.54, 1.807) is 0 Å². The molecule has 5 heterocycles. The predicted octanol–water partition coefficient (Wildman–Crippen LogP) is 5.91. The van der Waals surface area contributed by atoms with Crippen molar-refractivity contribution in [1.29, 1.82) is 0 Å². The molecule has 7 nitrogen and oxygen atoms in total. The number of nitrogens with zero attached hydrogens (tertiary/aromatic N) is 4. The van der Waals surface area contributed by atoms with Gasteiger partial charge in [-0.3, -0.25) is 10.1 Å². The normalized spacial score (nSPS) is 22.6. The number of aromatic nitrogens is 4. The predicted molar refractivity (Wildman–Crippen MR) is 138 cm³/mol. The van der Waals surface area contributed by atoms with Crippen LogP contribution in [0.25, 0.3) is 10.9 Å². The van der Waals surface area contributed by atoms with Crippen molar-refractivity contribution in [2.75, 3.05) is 10.6 Å². The number of benzene rings is 1. The van der Waals surface area contributed by atoms with Gasteiger partial charge in [-0.05, 0) is 68.8 Å². The lowest BCUT2D eigenvalue weighted by atomic mass is 9.84. The summed E-state index contributed by atoms with van der Waals surface area (Å²) < 4.78 is 2.67. The first-order valence-corrected chi connectivity index (χ1v) is 12.8. The molecule has 2 fully saturated rings. The summed E-state index contributed by atoms with van der Waals surface area (Å²) in [6, 6.07) is 20.4. The molecule has 3 N–H and O–H groups in total. The molecule has 6 rings (SSSR count). The summed E-state index contributed by atoms with van der Waals surface area (Å²) in [5.74, 6) is 2.40. The average molecular weight is 472 g/mol. The van der Waals surface area contributed by atoms with E-state index >= 15 is 0 Å². The first-order chi connectivity index (χ1) is 16.7. The van der Waals surface area contributed by atoms with E-state index in [2.05, 4.69) is 66.5 Å². The molecule has 174 valence electrons. The smallest absolute Gasteiger partial charge is 0.153 e. The summed E-state index contributed by atoms with van der Waals surface area (Å²) in [5.41, 5.74) is 1.93. The Morgan fingerprint density at radius 3 is 2.59 bits per heavy atom. The Morgan fingerprint density at radius 2 is 1.82 bits per heavy atom. The van der Waals surface area contributed by atoms with Gasteiger partial charge in [0.05, 0.1) is 5.52 Å². The third-order valence-corrected chi connectivity index (χ3v) is 8.05.